The number of carbonyl (C=O) groups is 5. The summed E-state index contributed by atoms with van der Waals surface area (Å²) in [4.78, 5) is 66.4. The van der Waals surface area contributed by atoms with Crippen LogP contribution >= 0.6 is 0 Å². The summed E-state index contributed by atoms with van der Waals surface area (Å²) in [6, 6.07) is 15.9. The lowest BCUT2D eigenvalue weighted by atomic mass is 10.0. The number of ether oxygens (including phenoxy) is 3. The molecule has 0 atom stereocenters. The van der Waals surface area contributed by atoms with Crippen LogP contribution in [0.25, 0.3) is 6.08 Å². The summed E-state index contributed by atoms with van der Waals surface area (Å²) in [6.07, 6.45) is 1.67. The Morgan fingerprint density at radius 2 is 1.36 bits per heavy atom. The van der Waals surface area contributed by atoms with E-state index in [1.165, 1.54) is 27.4 Å². The number of carbonyl (C=O) groups excluding carboxylic acids is 5. The van der Waals surface area contributed by atoms with Gasteiger partial charge in [-0.1, -0.05) is 24.3 Å². The molecule has 2 heterocycles. The van der Waals surface area contributed by atoms with Gasteiger partial charge in [0.15, 0.2) is 11.5 Å². The maximum absolute atomic E-state index is 13.3. The maximum Gasteiger partial charge on any atom is 0.331 e. The molecule has 0 aromatic heterocycles. The van der Waals surface area contributed by atoms with E-state index >= 15 is 0 Å². The highest BCUT2D eigenvalue weighted by Gasteiger charge is 2.37. The fraction of sp³-hybridized carbons (Fsp3) is 0.194. The second-order valence-electron chi connectivity index (χ2n) is 9.53. The number of benzene rings is 3. The molecular formula is C31H27N3O8. The third-order valence-corrected chi connectivity index (χ3v) is 7.08. The van der Waals surface area contributed by atoms with Crippen LogP contribution in [0.1, 0.15) is 37.4 Å². The van der Waals surface area contributed by atoms with E-state index < -0.39 is 29.7 Å². The first-order valence-corrected chi connectivity index (χ1v) is 13.0. The van der Waals surface area contributed by atoms with Crippen LogP contribution < -0.4 is 19.5 Å². The highest BCUT2D eigenvalue weighted by atomic mass is 16.5. The minimum atomic E-state index is -0.829. The van der Waals surface area contributed by atoms with Gasteiger partial charge in [-0.05, 0) is 60.0 Å². The van der Waals surface area contributed by atoms with Gasteiger partial charge in [0, 0.05) is 12.1 Å². The first-order chi connectivity index (χ1) is 20.2. The van der Waals surface area contributed by atoms with Crippen molar-refractivity contribution in [1.29, 1.82) is 0 Å². The van der Waals surface area contributed by atoms with Gasteiger partial charge in [0.05, 0.1) is 39.0 Å². The summed E-state index contributed by atoms with van der Waals surface area (Å²) in [5.74, 6) is -0.951. The molecule has 0 spiro atoms. The maximum atomic E-state index is 13.3. The molecule has 3 aromatic carbocycles. The fourth-order valence-corrected chi connectivity index (χ4v) is 4.91. The van der Waals surface area contributed by atoms with Crippen molar-refractivity contribution in [3.63, 3.8) is 0 Å². The Bertz CT molecular complexity index is 1630. The van der Waals surface area contributed by atoms with Gasteiger partial charge in [-0.25, -0.2) is 4.79 Å². The predicted molar refractivity (Wildman–Crippen MR) is 150 cm³/mol. The molecule has 2 aliphatic rings. The van der Waals surface area contributed by atoms with Crippen LogP contribution in [0.15, 0.2) is 66.2 Å². The second kappa shape index (κ2) is 11.6. The van der Waals surface area contributed by atoms with E-state index in [-0.39, 0.29) is 18.7 Å². The highest BCUT2D eigenvalue weighted by Crippen LogP contribution is 2.30. The van der Waals surface area contributed by atoms with E-state index in [1.807, 2.05) is 0 Å². The lowest BCUT2D eigenvalue weighted by Gasteiger charge is -2.26. The number of fused-ring (bicyclic) bond motifs is 1. The Hall–Kier alpha value is -5.45. The zero-order valence-corrected chi connectivity index (χ0v) is 23.1. The number of nitrogens with one attached hydrogen (secondary N) is 1. The highest BCUT2D eigenvalue weighted by molar-refractivity contribution is 6.31. The molecule has 42 heavy (non-hydrogen) atoms. The Labute approximate surface area is 241 Å². The molecule has 0 saturated carbocycles. The van der Waals surface area contributed by atoms with E-state index in [9.17, 15) is 24.0 Å². The van der Waals surface area contributed by atoms with Crippen molar-refractivity contribution < 1.29 is 38.2 Å². The first-order valence-electron chi connectivity index (χ1n) is 13.0. The molecule has 3 aromatic rings. The molecule has 214 valence electrons. The van der Waals surface area contributed by atoms with Crippen molar-refractivity contribution in [3.05, 3.63) is 94.1 Å². The molecule has 0 aliphatic carbocycles. The lowest BCUT2D eigenvalue weighted by molar-refractivity contribution is -0.130. The zero-order valence-electron chi connectivity index (χ0n) is 23.1. The molecule has 0 bridgehead atoms. The number of rotatable bonds is 9. The summed E-state index contributed by atoms with van der Waals surface area (Å²) in [6.45, 7) is -0.0685. The van der Waals surface area contributed by atoms with Gasteiger partial charge in [-0.2, -0.15) is 0 Å². The van der Waals surface area contributed by atoms with Crippen molar-refractivity contribution in [2.24, 2.45) is 0 Å². The molecule has 0 unspecified atom stereocenters. The molecule has 11 heteroatoms. The molecule has 6 amide bonds. The van der Waals surface area contributed by atoms with Crippen LogP contribution in [0.2, 0.25) is 0 Å². The minimum Gasteiger partial charge on any atom is -0.496 e. The van der Waals surface area contributed by atoms with Gasteiger partial charge >= 0.3 is 6.03 Å². The van der Waals surface area contributed by atoms with Crippen molar-refractivity contribution >= 4 is 35.7 Å². The van der Waals surface area contributed by atoms with Crippen LogP contribution in [0.3, 0.4) is 0 Å². The minimum absolute atomic E-state index is 0.0123. The topological polar surface area (TPSA) is 132 Å². The van der Waals surface area contributed by atoms with Gasteiger partial charge in [0.25, 0.3) is 23.6 Å². The van der Waals surface area contributed by atoms with Crippen molar-refractivity contribution in [1.82, 2.24) is 15.1 Å². The number of methoxy groups -OCH3 is 3. The molecule has 1 fully saturated rings. The van der Waals surface area contributed by atoms with Crippen LogP contribution in [0.4, 0.5) is 4.79 Å². The fourth-order valence-electron chi connectivity index (χ4n) is 4.91. The summed E-state index contributed by atoms with van der Waals surface area (Å²) in [7, 11) is 4.49. The van der Waals surface area contributed by atoms with Crippen LogP contribution in [-0.4, -0.2) is 67.3 Å². The largest absolute Gasteiger partial charge is 0.496 e. The van der Waals surface area contributed by atoms with Crippen molar-refractivity contribution in [3.8, 4) is 17.2 Å². The van der Waals surface area contributed by atoms with E-state index in [0.717, 1.165) is 15.4 Å². The Kier molecular flexibility index (Phi) is 7.74. The van der Waals surface area contributed by atoms with Crippen LogP contribution in [0, 0.1) is 0 Å². The van der Waals surface area contributed by atoms with E-state index in [4.69, 9.17) is 14.2 Å². The standard InChI is InChI=1S/C31H27N3O8/c1-40-24-10-9-19(14-20(24)17-34-28(36)21-6-4-5-7-22(21)29(34)37)15-23-27(35)32-31(39)33(30(23)38)13-12-18-8-11-25(41-2)26(16-18)42-3/h4-11,14-16H,12-13,17H2,1-3H3,(H,32,35,39)/b23-15+. The Morgan fingerprint density at radius 3 is 2.00 bits per heavy atom. The van der Waals surface area contributed by atoms with Gasteiger partial charge in [0.1, 0.15) is 11.3 Å². The number of imide groups is 3. The molecule has 1 saturated heterocycles. The third-order valence-electron chi connectivity index (χ3n) is 7.08. The number of hydrogen-bond acceptors (Lipinski definition) is 8. The number of hydrogen-bond donors (Lipinski definition) is 1. The van der Waals surface area contributed by atoms with E-state index in [1.54, 1.807) is 60.7 Å². The predicted octanol–water partition coefficient (Wildman–Crippen LogP) is 3.21. The lowest BCUT2D eigenvalue weighted by Crippen LogP contribution is -2.54. The molecule has 2 aliphatic heterocycles. The summed E-state index contributed by atoms with van der Waals surface area (Å²) in [5, 5.41) is 2.22. The van der Waals surface area contributed by atoms with Crippen LogP contribution in [-0.2, 0) is 22.6 Å². The van der Waals surface area contributed by atoms with Gasteiger partial charge < -0.3 is 14.2 Å². The third kappa shape index (κ3) is 5.19. The molecule has 5 rings (SSSR count). The number of urea groups is 1. The molecule has 0 radical (unpaired) electrons. The number of nitrogens with zero attached hydrogens (tertiary/aromatic N) is 2. The second-order valence-corrected chi connectivity index (χ2v) is 9.53. The van der Waals surface area contributed by atoms with Gasteiger partial charge in [-0.3, -0.25) is 34.3 Å². The Balaban J connectivity index is 1.37. The summed E-state index contributed by atoms with van der Waals surface area (Å²) in [5.41, 5.74) is 2.13. The quantitative estimate of drug-likeness (QED) is 0.236. The average Bonchev–Trinajstić information content (AvgIpc) is 3.23. The normalized spacial score (nSPS) is 15.7. The van der Waals surface area contributed by atoms with Crippen LogP contribution in [0.5, 0.6) is 17.2 Å². The molecule has 11 nitrogen and oxygen atoms in total. The zero-order chi connectivity index (χ0) is 30.0. The summed E-state index contributed by atoms with van der Waals surface area (Å²) < 4.78 is 16.0. The molecule has 1 N–H and O–H groups in total. The monoisotopic (exact) mass is 569 g/mol. The Morgan fingerprint density at radius 1 is 0.714 bits per heavy atom. The van der Waals surface area contributed by atoms with Gasteiger partial charge in [0.2, 0.25) is 0 Å². The molecular weight excluding hydrogens is 542 g/mol. The number of barbiturate groups is 1. The smallest absolute Gasteiger partial charge is 0.331 e. The SMILES string of the molecule is COc1ccc(/C=C2\C(=O)NC(=O)N(CCc3ccc(OC)c(OC)c3)C2=O)cc1CN1C(=O)c2ccccc2C1=O. The van der Waals surface area contributed by atoms with Gasteiger partial charge in [-0.15, -0.1) is 0 Å². The number of amides is 6. The van der Waals surface area contributed by atoms with E-state index in [2.05, 4.69) is 5.32 Å². The summed E-state index contributed by atoms with van der Waals surface area (Å²) >= 11 is 0. The van der Waals surface area contributed by atoms with E-state index in [0.29, 0.717) is 45.9 Å². The average molecular weight is 570 g/mol. The van der Waals surface area contributed by atoms with Crippen molar-refractivity contribution in [2.75, 3.05) is 27.9 Å². The first kappa shape index (κ1) is 28.1. The van der Waals surface area contributed by atoms with Crippen molar-refractivity contribution in [2.45, 2.75) is 13.0 Å².